The molecule has 0 N–H and O–H groups in total. The molecule has 27 heavy (non-hydrogen) atoms. The third-order valence-corrected chi connectivity index (χ3v) is 5.15. The molecule has 1 amide bonds. The fraction of sp³-hybridized carbons (Fsp3) is 0.273. The van der Waals surface area contributed by atoms with E-state index in [0.29, 0.717) is 13.1 Å². The standard InChI is InChI=1S/C22H22FN3O/c1-16(27)25-13-12-21-20(15-25)22(18-7-9-19(23)10-8-18)24-26(21)14-11-17-5-3-2-4-6-17/h2-10H,11-15H2,1H3. The van der Waals surface area contributed by atoms with Crippen molar-refractivity contribution < 1.29 is 9.18 Å². The minimum atomic E-state index is -0.263. The quantitative estimate of drug-likeness (QED) is 0.706. The maximum Gasteiger partial charge on any atom is 0.219 e. The van der Waals surface area contributed by atoms with Crippen molar-refractivity contribution >= 4 is 5.91 Å². The molecule has 2 aromatic carbocycles. The molecule has 5 heteroatoms. The molecule has 4 rings (SSSR count). The zero-order valence-corrected chi connectivity index (χ0v) is 15.4. The number of amides is 1. The highest BCUT2D eigenvalue weighted by atomic mass is 19.1. The van der Waals surface area contributed by atoms with Crippen molar-refractivity contribution in [1.82, 2.24) is 14.7 Å². The summed E-state index contributed by atoms with van der Waals surface area (Å²) in [5.41, 5.74) is 5.27. The molecule has 4 nitrogen and oxygen atoms in total. The summed E-state index contributed by atoms with van der Waals surface area (Å²) < 4.78 is 15.4. The Kier molecular flexibility index (Phi) is 4.75. The van der Waals surface area contributed by atoms with Gasteiger partial charge in [-0.2, -0.15) is 5.10 Å². The predicted molar refractivity (Wildman–Crippen MR) is 103 cm³/mol. The van der Waals surface area contributed by atoms with Gasteiger partial charge >= 0.3 is 0 Å². The Hall–Kier alpha value is -2.95. The number of aryl methyl sites for hydroxylation is 2. The summed E-state index contributed by atoms with van der Waals surface area (Å²) >= 11 is 0. The molecule has 0 unspecified atom stereocenters. The minimum Gasteiger partial charge on any atom is -0.338 e. The Bertz CT molecular complexity index is 948. The lowest BCUT2D eigenvalue weighted by Crippen LogP contribution is -2.34. The van der Waals surface area contributed by atoms with Gasteiger partial charge in [0.1, 0.15) is 5.82 Å². The molecule has 3 aromatic rings. The molecule has 1 aliphatic heterocycles. The fourth-order valence-corrected chi connectivity index (χ4v) is 3.66. The first-order valence-electron chi connectivity index (χ1n) is 9.26. The number of hydrogen-bond acceptors (Lipinski definition) is 2. The van der Waals surface area contributed by atoms with Crippen LogP contribution < -0.4 is 0 Å². The van der Waals surface area contributed by atoms with Crippen molar-refractivity contribution in [2.45, 2.75) is 32.9 Å². The molecule has 0 spiro atoms. The predicted octanol–water partition coefficient (Wildman–Crippen LogP) is 3.84. The van der Waals surface area contributed by atoms with Gasteiger partial charge in [-0.25, -0.2) is 4.39 Å². The summed E-state index contributed by atoms with van der Waals surface area (Å²) in [5, 5.41) is 4.86. The van der Waals surface area contributed by atoms with Crippen LogP contribution in [0.3, 0.4) is 0 Å². The molecule has 1 aliphatic rings. The number of aromatic nitrogens is 2. The minimum absolute atomic E-state index is 0.0720. The van der Waals surface area contributed by atoms with Crippen LogP contribution >= 0.6 is 0 Å². The molecular weight excluding hydrogens is 341 g/mol. The monoisotopic (exact) mass is 363 g/mol. The SMILES string of the molecule is CC(=O)N1CCc2c(c(-c3ccc(F)cc3)nn2CCc2ccccc2)C1. The summed E-state index contributed by atoms with van der Waals surface area (Å²) in [4.78, 5) is 13.7. The zero-order chi connectivity index (χ0) is 18.8. The van der Waals surface area contributed by atoms with Crippen molar-refractivity contribution in [2.75, 3.05) is 6.54 Å². The Balaban J connectivity index is 1.69. The molecule has 2 heterocycles. The summed E-state index contributed by atoms with van der Waals surface area (Å²) in [6, 6.07) is 16.8. The van der Waals surface area contributed by atoms with Crippen LogP contribution in [0.2, 0.25) is 0 Å². The van der Waals surface area contributed by atoms with E-state index in [0.717, 1.165) is 36.2 Å². The highest BCUT2D eigenvalue weighted by molar-refractivity contribution is 5.74. The number of carbonyl (C=O) groups excluding carboxylic acids is 1. The molecule has 0 fully saturated rings. The van der Waals surface area contributed by atoms with E-state index in [9.17, 15) is 9.18 Å². The third kappa shape index (κ3) is 3.63. The number of rotatable bonds is 4. The van der Waals surface area contributed by atoms with Gasteiger partial charge in [-0.05, 0) is 36.2 Å². The van der Waals surface area contributed by atoms with Crippen LogP contribution in [0.15, 0.2) is 54.6 Å². The van der Waals surface area contributed by atoms with E-state index < -0.39 is 0 Å². The van der Waals surface area contributed by atoms with Gasteiger partial charge in [-0.1, -0.05) is 30.3 Å². The van der Waals surface area contributed by atoms with Crippen LogP contribution in [0, 0.1) is 5.82 Å². The lowest BCUT2D eigenvalue weighted by Gasteiger charge is -2.27. The first-order chi connectivity index (χ1) is 13.1. The first kappa shape index (κ1) is 17.5. The summed E-state index contributed by atoms with van der Waals surface area (Å²) in [6.45, 7) is 3.65. The van der Waals surface area contributed by atoms with Crippen LogP contribution in [0.25, 0.3) is 11.3 Å². The van der Waals surface area contributed by atoms with E-state index in [1.807, 2.05) is 23.1 Å². The van der Waals surface area contributed by atoms with Crippen LogP contribution in [0.5, 0.6) is 0 Å². The van der Waals surface area contributed by atoms with Crippen LogP contribution in [-0.2, 0) is 30.7 Å². The third-order valence-electron chi connectivity index (χ3n) is 5.15. The number of halogens is 1. The molecule has 0 bridgehead atoms. The van der Waals surface area contributed by atoms with Gasteiger partial charge in [0.15, 0.2) is 0 Å². The van der Waals surface area contributed by atoms with E-state index >= 15 is 0 Å². The second-order valence-electron chi connectivity index (χ2n) is 6.93. The molecule has 0 radical (unpaired) electrons. The van der Waals surface area contributed by atoms with E-state index in [1.54, 1.807) is 19.1 Å². The Morgan fingerprint density at radius 2 is 1.85 bits per heavy atom. The number of fused-ring (bicyclic) bond motifs is 1. The van der Waals surface area contributed by atoms with Crippen LogP contribution in [0.1, 0.15) is 23.7 Å². The van der Waals surface area contributed by atoms with Gasteiger partial charge in [0.25, 0.3) is 0 Å². The van der Waals surface area contributed by atoms with Crippen molar-refractivity contribution in [3.63, 3.8) is 0 Å². The van der Waals surface area contributed by atoms with E-state index in [1.165, 1.54) is 23.4 Å². The second-order valence-corrected chi connectivity index (χ2v) is 6.93. The molecule has 1 aromatic heterocycles. The number of carbonyl (C=O) groups is 1. The van der Waals surface area contributed by atoms with Crippen molar-refractivity contribution in [2.24, 2.45) is 0 Å². The molecule has 0 saturated carbocycles. The molecule has 0 saturated heterocycles. The van der Waals surface area contributed by atoms with Crippen molar-refractivity contribution in [3.05, 3.63) is 77.2 Å². The van der Waals surface area contributed by atoms with Crippen molar-refractivity contribution in [1.29, 1.82) is 0 Å². The number of nitrogens with zero attached hydrogens (tertiary/aromatic N) is 3. The summed E-state index contributed by atoms with van der Waals surface area (Å²) in [6.07, 6.45) is 1.69. The van der Waals surface area contributed by atoms with Crippen molar-refractivity contribution in [3.8, 4) is 11.3 Å². The smallest absolute Gasteiger partial charge is 0.219 e. The normalized spacial score (nSPS) is 13.5. The van der Waals surface area contributed by atoms with Gasteiger partial charge in [-0.15, -0.1) is 0 Å². The molecule has 0 atom stereocenters. The van der Waals surface area contributed by atoms with E-state index in [-0.39, 0.29) is 11.7 Å². The number of benzene rings is 2. The summed E-state index contributed by atoms with van der Waals surface area (Å²) in [7, 11) is 0. The molecular formula is C22H22FN3O. The maximum atomic E-state index is 13.3. The summed E-state index contributed by atoms with van der Waals surface area (Å²) in [5.74, 6) is -0.191. The average Bonchev–Trinajstić information content (AvgIpc) is 3.06. The highest BCUT2D eigenvalue weighted by Crippen LogP contribution is 2.30. The van der Waals surface area contributed by atoms with Gasteiger partial charge in [0.2, 0.25) is 5.91 Å². The lowest BCUT2D eigenvalue weighted by molar-refractivity contribution is -0.129. The Morgan fingerprint density at radius 3 is 2.56 bits per heavy atom. The van der Waals surface area contributed by atoms with Crippen LogP contribution in [-0.4, -0.2) is 27.1 Å². The van der Waals surface area contributed by atoms with Gasteiger partial charge in [-0.3, -0.25) is 9.48 Å². The van der Waals surface area contributed by atoms with Gasteiger partial charge in [0, 0.05) is 49.8 Å². The lowest BCUT2D eigenvalue weighted by atomic mass is 10.0. The highest BCUT2D eigenvalue weighted by Gasteiger charge is 2.26. The van der Waals surface area contributed by atoms with Gasteiger partial charge in [0.05, 0.1) is 5.69 Å². The Labute approximate surface area is 158 Å². The Morgan fingerprint density at radius 1 is 1.11 bits per heavy atom. The number of hydrogen-bond donors (Lipinski definition) is 0. The average molecular weight is 363 g/mol. The molecule has 138 valence electrons. The zero-order valence-electron chi connectivity index (χ0n) is 15.4. The second kappa shape index (κ2) is 7.35. The van der Waals surface area contributed by atoms with E-state index in [4.69, 9.17) is 5.10 Å². The fourth-order valence-electron chi connectivity index (χ4n) is 3.66. The van der Waals surface area contributed by atoms with E-state index in [2.05, 4.69) is 16.8 Å². The van der Waals surface area contributed by atoms with Crippen LogP contribution in [0.4, 0.5) is 4.39 Å². The topological polar surface area (TPSA) is 38.1 Å². The largest absolute Gasteiger partial charge is 0.338 e. The maximum absolute atomic E-state index is 13.3. The first-order valence-corrected chi connectivity index (χ1v) is 9.26. The van der Waals surface area contributed by atoms with Gasteiger partial charge < -0.3 is 4.90 Å². The molecule has 0 aliphatic carbocycles.